The van der Waals surface area contributed by atoms with Gasteiger partial charge in [-0.15, -0.1) is 0 Å². The molecule has 2 aromatic carbocycles. The largest absolute Gasteiger partial charge is 0.334 e. The quantitative estimate of drug-likeness (QED) is 0.772. The van der Waals surface area contributed by atoms with Crippen LogP contribution in [0.5, 0.6) is 0 Å². The van der Waals surface area contributed by atoms with Crippen LogP contribution in [-0.4, -0.2) is 16.0 Å². The average molecular weight is 321 g/mol. The van der Waals surface area contributed by atoms with Crippen LogP contribution in [0.1, 0.15) is 41.5 Å². The van der Waals surface area contributed by atoms with E-state index in [1.54, 1.807) is 6.92 Å². The molecule has 0 aliphatic heterocycles. The number of carbonyl (C=O) groups is 1. The molecule has 0 saturated carbocycles. The number of aromatic nitrogens is 2. The molecule has 0 spiro atoms. The third kappa shape index (κ3) is 3.51. The number of amides is 1. The number of hydrogen-bond donors (Lipinski definition) is 1. The lowest BCUT2D eigenvalue weighted by Crippen LogP contribution is -2.11. The van der Waals surface area contributed by atoms with Crippen LogP contribution in [-0.2, 0) is 0 Å². The van der Waals surface area contributed by atoms with Crippen molar-refractivity contribution in [1.29, 1.82) is 0 Å². The van der Waals surface area contributed by atoms with Gasteiger partial charge in [-0.3, -0.25) is 4.79 Å². The maximum Gasteiger partial charge on any atom is 0.257 e. The van der Waals surface area contributed by atoms with E-state index in [1.807, 2.05) is 48.5 Å². The second-order valence-corrected chi connectivity index (χ2v) is 5.95. The lowest BCUT2D eigenvalue weighted by atomic mass is 10.0. The Morgan fingerprint density at radius 2 is 1.71 bits per heavy atom. The van der Waals surface area contributed by atoms with Gasteiger partial charge in [-0.1, -0.05) is 31.1 Å². The Balaban J connectivity index is 1.70. The smallest absolute Gasteiger partial charge is 0.257 e. The molecular weight excluding hydrogens is 302 g/mol. The van der Waals surface area contributed by atoms with Gasteiger partial charge in [0.05, 0.1) is 0 Å². The third-order valence-electron chi connectivity index (χ3n) is 3.76. The first kappa shape index (κ1) is 15.9. The molecule has 1 amide bonds. The van der Waals surface area contributed by atoms with Crippen molar-refractivity contribution < 1.29 is 9.32 Å². The van der Waals surface area contributed by atoms with Crippen molar-refractivity contribution in [2.24, 2.45) is 0 Å². The number of benzene rings is 2. The molecule has 1 N–H and O–H groups in total. The standard InChI is InChI=1S/C19H19N3O2/c1-12(2)14-4-6-15(7-5-14)18(23)21-17-10-8-16(9-11-17)19-20-13(3)22-24-19/h4-12H,1-3H3,(H,21,23). The second-order valence-electron chi connectivity index (χ2n) is 5.95. The minimum absolute atomic E-state index is 0.133. The van der Waals surface area contributed by atoms with Crippen LogP contribution in [0, 0.1) is 6.92 Å². The van der Waals surface area contributed by atoms with Crippen LogP contribution >= 0.6 is 0 Å². The van der Waals surface area contributed by atoms with Crippen molar-refractivity contribution in [3.05, 3.63) is 65.5 Å². The number of hydrogen-bond acceptors (Lipinski definition) is 4. The first-order valence-electron chi connectivity index (χ1n) is 7.85. The second kappa shape index (κ2) is 6.66. The van der Waals surface area contributed by atoms with E-state index in [-0.39, 0.29) is 5.91 Å². The van der Waals surface area contributed by atoms with Crippen LogP contribution in [0.25, 0.3) is 11.5 Å². The van der Waals surface area contributed by atoms with E-state index in [0.29, 0.717) is 28.9 Å². The van der Waals surface area contributed by atoms with E-state index < -0.39 is 0 Å². The molecule has 1 heterocycles. The summed E-state index contributed by atoms with van der Waals surface area (Å²) in [6.07, 6.45) is 0. The molecule has 24 heavy (non-hydrogen) atoms. The van der Waals surface area contributed by atoms with Gasteiger partial charge in [0.1, 0.15) is 0 Å². The van der Waals surface area contributed by atoms with Gasteiger partial charge in [0, 0.05) is 16.8 Å². The summed E-state index contributed by atoms with van der Waals surface area (Å²) in [5, 5.41) is 6.65. The van der Waals surface area contributed by atoms with Crippen LogP contribution in [0.4, 0.5) is 5.69 Å². The Morgan fingerprint density at radius 1 is 1.04 bits per heavy atom. The highest BCUT2D eigenvalue weighted by molar-refractivity contribution is 6.04. The Labute approximate surface area is 140 Å². The van der Waals surface area contributed by atoms with Crippen LogP contribution < -0.4 is 5.32 Å². The summed E-state index contributed by atoms with van der Waals surface area (Å²) in [6, 6.07) is 15.0. The zero-order valence-electron chi connectivity index (χ0n) is 13.9. The Hall–Kier alpha value is -2.95. The molecule has 0 unspecified atom stereocenters. The van der Waals surface area contributed by atoms with Crippen LogP contribution in [0.3, 0.4) is 0 Å². The highest BCUT2D eigenvalue weighted by Gasteiger charge is 2.09. The number of rotatable bonds is 4. The van der Waals surface area contributed by atoms with Crippen molar-refractivity contribution in [2.45, 2.75) is 26.7 Å². The number of nitrogens with zero attached hydrogens (tertiary/aromatic N) is 2. The molecule has 5 heteroatoms. The van der Waals surface area contributed by atoms with Gasteiger partial charge in [0.2, 0.25) is 0 Å². The summed E-state index contributed by atoms with van der Waals surface area (Å²) >= 11 is 0. The summed E-state index contributed by atoms with van der Waals surface area (Å²) in [5.74, 6) is 1.37. The number of nitrogens with one attached hydrogen (secondary N) is 1. The van der Waals surface area contributed by atoms with Crippen LogP contribution in [0.2, 0.25) is 0 Å². The van der Waals surface area contributed by atoms with E-state index in [9.17, 15) is 4.79 Å². The third-order valence-corrected chi connectivity index (χ3v) is 3.76. The fourth-order valence-corrected chi connectivity index (χ4v) is 2.33. The predicted octanol–water partition coefficient (Wildman–Crippen LogP) is 4.42. The molecular formula is C19H19N3O2. The predicted molar refractivity (Wildman–Crippen MR) is 93.0 cm³/mol. The van der Waals surface area contributed by atoms with Crippen molar-refractivity contribution in [3.63, 3.8) is 0 Å². The topological polar surface area (TPSA) is 68.0 Å². The summed E-state index contributed by atoms with van der Waals surface area (Å²) in [5.41, 5.74) is 3.38. The molecule has 0 radical (unpaired) electrons. The maximum atomic E-state index is 12.3. The van der Waals surface area contributed by atoms with E-state index in [1.165, 1.54) is 5.56 Å². The van der Waals surface area contributed by atoms with Crippen molar-refractivity contribution in [1.82, 2.24) is 10.1 Å². The van der Waals surface area contributed by atoms with E-state index in [4.69, 9.17) is 4.52 Å². The molecule has 0 fully saturated rings. The van der Waals surface area contributed by atoms with Gasteiger partial charge < -0.3 is 9.84 Å². The van der Waals surface area contributed by atoms with Crippen molar-refractivity contribution in [2.75, 3.05) is 5.32 Å². The normalized spacial score (nSPS) is 10.8. The van der Waals surface area contributed by atoms with Gasteiger partial charge >= 0.3 is 0 Å². The van der Waals surface area contributed by atoms with E-state index in [2.05, 4.69) is 29.3 Å². The highest BCUT2D eigenvalue weighted by atomic mass is 16.5. The zero-order valence-corrected chi connectivity index (χ0v) is 13.9. The molecule has 5 nitrogen and oxygen atoms in total. The Kier molecular flexibility index (Phi) is 4.42. The Bertz CT molecular complexity index is 834. The fourth-order valence-electron chi connectivity index (χ4n) is 2.33. The summed E-state index contributed by atoms with van der Waals surface area (Å²) in [4.78, 5) is 16.5. The lowest BCUT2D eigenvalue weighted by Gasteiger charge is -2.08. The summed E-state index contributed by atoms with van der Waals surface area (Å²) in [7, 11) is 0. The minimum atomic E-state index is -0.133. The van der Waals surface area contributed by atoms with Crippen LogP contribution in [0.15, 0.2) is 53.1 Å². The number of aryl methyl sites for hydroxylation is 1. The Morgan fingerprint density at radius 3 is 2.25 bits per heavy atom. The van der Waals surface area contributed by atoms with E-state index >= 15 is 0 Å². The van der Waals surface area contributed by atoms with Gasteiger partial charge in [0.15, 0.2) is 5.82 Å². The molecule has 122 valence electrons. The maximum absolute atomic E-state index is 12.3. The van der Waals surface area contributed by atoms with Gasteiger partial charge in [-0.2, -0.15) is 4.98 Å². The number of carbonyl (C=O) groups excluding carboxylic acids is 1. The molecule has 0 atom stereocenters. The molecule has 0 bridgehead atoms. The SMILES string of the molecule is Cc1noc(-c2ccc(NC(=O)c3ccc(C(C)C)cc3)cc2)n1. The monoisotopic (exact) mass is 321 g/mol. The summed E-state index contributed by atoms with van der Waals surface area (Å²) < 4.78 is 5.12. The zero-order chi connectivity index (χ0) is 17.1. The van der Waals surface area contributed by atoms with Crippen molar-refractivity contribution >= 4 is 11.6 Å². The molecule has 0 saturated heterocycles. The van der Waals surface area contributed by atoms with Gasteiger partial charge in [-0.05, 0) is 54.8 Å². The van der Waals surface area contributed by atoms with Gasteiger partial charge in [-0.25, -0.2) is 0 Å². The van der Waals surface area contributed by atoms with Gasteiger partial charge in [0.25, 0.3) is 11.8 Å². The minimum Gasteiger partial charge on any atom is -0.334 e. The number of anilines is 1. The average Bonchev–Trinajstić information content (AvgIpc) is 3.02. The first-order valence-corrected chi connectivity index (χ1v) is 7.85. The fraction of sp³-hybridized carbons (Fsp3) is 0.211. The van der Waals surface area contributed by atoms with Crippen molar-refractivity contribution in [3.8, 4) is 11.5 Å². The molecule has 3 aromatic rings. The summed E-state index contributed by atoms with van der Waals surface area (Å²) in [6.45, 7) is 6.02. The highest BCUT2D eigenvalue weighted by Crippen LogP contribution is 2.20. The van der Waals surface area contributed by atoms with E-state index in [0.717, 1.165) is 5.56 Å². The molecule has 0 aliphatic rings. The molecule has 1 aromatic heterocycles. The molecule has 0 aliphatic carbocycles. The first-order chi connectivity index (χ1) is 11.5. The lowest BCUT2D eigenvalue weighted by molar-refractivity contribution is 0.102. The molecule has 3 rings (SSSR count).